The van der Waals surface area contributed by atoms with Gasteiger partial charge in [0, 0.05) is 57.4 Å². The van der Waals surface area contributed by atoms with E-state index in [9.17, 15) is 19.1 Å². The number of aromatic carboxylic acids is 1. The molecule has 2 saturated heterocycles. The second kappa shape index (κ2) is 7.35. The van der Waals surface area contributed by atoms with Gasteiger partial charge in [-0.15, -0.1) is 0 Å². The Bertz CT molecular complexity index is 951. The molecule has 2 amide bonds. The van der Waals surface area contributed by atoms with E-state index in [0.717, 1.165) is 11.3 Å². The number of likely N-dealkylation sites (tertiary alicyclic amines) is 1. The molecular formula is C21H23FN4O3. The molecule has 4 rings (SSSR count). The first kappa shape index (κ1) is 19.2. The highest BCUT2D eigenvalue weighted by Gasteiger charge is 2.49. The van der Waals surface area contributed by atoms with Gasteiger partial charge in [0.25, 0.3) is 0 Å². The summed E-state index contributed by atoms with van der Waals surface area (Å²) in [5.41, 5.74) is 1.59. The lowest BCUT2D eigenvalue weighted by atomic mass is 9.89. The van der Waals surface area contributed by atoms with Crippen LogP contribution in [0.5, 0.6) is 0 Å². The Morgan fingerprint density at radius 3 is 2.66 bits per heavy atom. The first-order valence-electron chi connectivity index (χ1n) is 9.53. The van der Waals surface area contributed by atoms with Crippen molar-refractivity contribution in [1.29, 1.82) is 0 Å². The number of hydrogen-bond acceptors (Lipinski definition) is 4. The molecule has 8 heteroatoms. The van der Waals surface area contributed by atoms with Gasteiger partial charge >= 0.3 is 12.0 Å². The number of carbonyl (C=O) groups excluding carboxylic acids is 1. The highest BCUT2D eigenvalue weighted by molar-refractivity contribution is 5.86. The molecule has 1 aromatic carbocycles. The van der Waals surface area contributed by atoms with Crippen LogP contribution in [0, 0.1) is 17.7 Å². The third kappa shape index (κ3) is 3.50. The zero-order chi connectivity index (χ0) is 20.7. The normalized spacial score (nSPS) is 23.2. The van der Waals surface area contributed by atoms with E-state index in [0.29, 0.717) is 19.6 Å². The summed E-state index contributed by atoms with van der Waals surface area (Å²) < 4.78 is 13.9. The Morgan fingerprint density at radius 2 is 1.97 bits per heavy atom. The largest absolute Gasteiger partial charge is 0.477 e. The number of amides is 2. The van der Waals surface area contributed by atoms with Crippen LogP contribution in [0.1, 0.15) is 22.1 Å². The van der Waals surface area contributed by atoms with Crippen LogP contribution in [-0.4, -0.2) is 65.6 Å². The van der Waals surface area contributed by atoms with Crippen molar-refractivity contribution < 1.29 is 19.1 Å². The number of carbonyl (C=O) groups is 2. The predicted molar refractivity (Wildman–Crippen MR) is 105 cm³/mol. The summed E-state index contributed by atoms with van der Waals surface area (Å²) >= 11 is 0. The van der Waals surface area contributed by atoms with Crippen LogP contribution in [0.15, 0.2) is 42.6 Å². The topological polar surface area (TPSA) is 77.0 Å². The fourth-order valence-electron chi connectivity index (χ4n) is 4.56. The molecule has 152 valence electrons. The summed E-state index contributed by atoms with van der Waals surface area (Å²) in [6, 6.07) is 9.50. The molecule has 0 radical (unpaired) electrons. The number of nitrogens with zero attached hydrogens (tertiary/aromatic N) is 4. The van der Waals surface area contributed by atoms with Gasteiger partial charge in [0.2, 0.25) is 0 Å². The van der Waals surface area contributed by atoms with Gasteiger partial charge in [-0.05, 0) is 29.8 Å². The number of rotatable bonds is 3. The minimum atomic E-state index is -1.06. The van der Waals surface area contributed by atoms with Crippen LogP contribution in [0.3, 0.4) is 0 Å². The van der Waals surface area contributed by atoms with Crippen molar-refractivity contribution in [1.82, 2.24) is 14.8 Å². The standard InChI is InChI=1S/C21H23FN4O3/c1-24(2)21(29)26-11-14-10-25(16-6-7-23-18(9-16)20(27)28)12-17(14)19(26)13-4-3-5-15(22)8-13/h3-9,14,17,19H,10-12H2,1-2H3,(H,27,28)/t14-,17-,19+/m1/s1. The molecule has 0 unspecified atom stereocenters. The molecule has 1 N–H and O–H groups in total. The van der Waals surface area contributed by atoms with Crippen molar-refractivity contribution >= 4 is 17.7 Å². The van der Waals surface area contributed by atoms with Crippen LogP contribution >= 0.6 is 0 Å². The number of urea groups is 1. The van der Waals surface area contributed by atoms with Gasteiger partial charge in [-0.2, -0.15) is 0 Å². The number of halogens is 1. The zero-order valence-corrected chi connectivity index (χ0v) is 16.3. The number of benzene rings is 1. The van der Waals surface area contributed by atoms with Crippen LogP contribution in [0.2, 0.25) is 0 Å². The summed E-state index contributed by atoms with van der Waals surface area (Å²) in [6.07, 6.45) is 1.50. The van der Waals surface area contributed by atoms with Crippen molar-refractivity contribution in [2.45, 2.75) is 6.04 Å². The third-order valence-corrected chi connectivity index (χ3v) is 5.81. The maximum absolute atomic E-state index is 13.9. The van der Waals surface area contributed by atoms with Gasteiger partial charge in [-0.25, -0.2) is 19.0 Å². The first-order chi connectivity index (χ1) is 13.8. The van der Waals surface area contributed by atoms with Crippen LogP contribution in [-0.2, 0) is 0 Å². The molecule has 3 heterocycles. The monoisotopic (exact) mass is 398 g/mol. The van der Waals surface area contributed by atoms with E-state index in [1.54, 1.807) is 37.2 Å². The second-order valence-electron chi connectivity index (χ2n) is 7.86. The predicted octanol–water partition coefficient (Wildman–Crippen LogP) is 2.71. The molecule has 3 atom stereocenters. The number of fused-ring (bicyclic) bond motifs is 1. The fraction of sp³-hybridized carbons (Fsp3) is 0.381. The van der Waals surface area contributed by atoms with E-state index in [4.69, 9.17) is 0 Å². The Morgan fingerprint density at radius 1 is 1.17 bits per heavy atom. The van der Waals surface area contributed by atoms with E-state index in [1.807, 2.05) is 11.0 Å². The molecule has 0 spiro atoms. The average Bonchev–Trinajstić information content (AvgIpc) is 3.25. The number of pyridine rings is 1. The SMILES string of the molecule is CN(C)C(=O)N1C[C@H]2CN(c3ccnc(C(=O)O)c3)C[C@H]2[C@@H]1c1cccc(F)c1. The third-order valence-electron chi connectivity index (χ3n) is 5.81. The van der Waals surface area contributed by atoms with Gasteiger partial charge < -0.3 is 19.8 Å². The molecule has 0 saturated carbocycles. The van der Waals surface area contributed by atoms with Crippen LogP contribution in [0.4, 0.5) is 14.9 Å². The molecule has 1 aromatic heterocycles. The van der Waals surface area contributed by atoms with E-state index in [1.165, 1.54) is 18.3 Å². The minimum absolute atomic E-state index is 0.00523. The van der Waals surface area contributed by atoms with E-state index >= 15 is 0 Å². The van der Waals surface area contributed by atoms with E-state index < -0.39 is 5.97 Å². The lowest BCUT2D eigenvalue weighted by molar-refractivity contribution is 0.0690. The van der Waals surface area contributed by atoms with Crippen LogP contribution < -0.4 is 4.90 Å². The van der Waals surface area contributed by atoms with E-state index in [-0.39, 0.29) is 35.4 Å². The molecule has 2 aliphatic heterocycles. The fourth-order valence-corrected chi connectivity index (χ4v) is 4.56. The molecule has 2 aromatic rings. The van der Waals surface area contributed by atoms with Crippen molar-refractivity contribution in [2.24, 2.45) is 11.8 Å². The lowest BCUT2D eigenvalue weighted by Crippen LogP contribution is -2.41. The zero-order valence-electron chi connectivity index (χ0n) is 16.3. The maximum atomic E-state index is 13.9. The molecule has 0 aliphatic carbocycles. The van der Waals surface area contributed by atoms with E-state index in [2.05, 4.69) is 9.88 Å². The number of carboxylic acid groups (broad SMARTS) is 1. The molecular weight excluding hydrogens is 375 g/mol. The van der Waals surface area contributed by atoms with Gasteiger partial charge in [0.1, 0.15) is 11.5 Å². The highest BCUT2D eigenvalue weighted by atomic mass is 19.1. The number of anilines is 1. The number of aromatic nitrogens is 1. The Labute approximate surface area is 168 Å². The molecule has 2 aliphatic rings. The smallest absolute Gasteiger partial charge is 0.354 e. The minimum Gasteiger partial charge on any atom is -0.477 e. The molecule has 0 bridgehead atoms. The summed E-state index contributed by atoms with van der Waals surface area (Å²) in [6.45, 7) is 1.94. The Balaban J connectivity index is 1.64. The van der Waals surface area contributed by atoms with Crippen molar-refractivity contribution in [3.8, 4) is 0 Å². The summed E-state index contributed by atoms with van der Waals surface area (Å²) in [5, 5.41) is 9.21. The second-order valence-corrected chi connectivity index (χ2v) is 7.86. The molecule has 2 fully saturated rings. The van der Waals surface area contributed by atoms with Crippen molar-refractivity contribution in [3.63, 3.8) is 0 Å². The Kier molecular flexibility index (Phi) is 4.86. The van der Waals surface area contributed by atoms with Gasteiger partial charge in [0.05, 0.1) is 6.04 Å². The van der Waals surface area contributed by atoms with Gasteiger partial charge in [-0.3, -0.25) is 0 Å². The average molecular weight is 398 g/mol. The molecule has 29 heavy (non-hydrogen) atoms. The van der Waals surface area contributed by atoms with Gasteiger partial charge in [0.15, 0.2) is 0 Å². The molecule has 7 nitrogen and oxygen atoms in total. The Hall–Kier alpha value is -3.16. The van der Waals surface area contributed by atoms with Gasteiger partial charge in [-0.1, -0.05) is 12.1 Å². The number of hydrogen-bond donors (Lipinski definition) is 1. The van der Waals surface area contributed by atoms with Crippen molar-refractivity contribution in [2.75, 3.05) is 38.6 Å². The summed E-state index contributed by atoms with van der Waals surface area (Å²) in [4.78, 5) is 33.4. The van der Waals surface area contributed by atoms with Crippen molar-refractivity contribution in [3.05, 3.63) is 59.7 Å². The summed E-state index contributed by atoms with van der Waals surface area (Å²) in [7, 11) is 3.44. The highest BCUT2D eigenvalue weighted by Crippen LogP contribution is 2.46. The lowest BCUT2D eigenvalue weighted by Gasteiger charge is -2.32. The maximum Gasteiger partial charge on any atom is 0.354 e. The quantitative estimate of drug-likeness (QED) is 0.860. The first-order valence-corrected chi connectivity index (χ1v) is 9.53. The summed E-state index contributed by atoms with van der Waals surface area (Å²) in [5.74, 6) is -1.04. The number of carboxylic acids is 1. The van der Waals surface area contributed by atoms with Crippen LogP contribution in [0.25, 0.3) is 0 Å².